The van der Waals surface area contributed by atoms with Gasteiger partial charge in [-0.05, 0) is 30.0 Å². The maximum atomic E-state index is 11.7. The SMILES string of the molecule is O=C1Cc2cc(CN3CCCCC3=O)ccc2N1. The molecule has 1 fully saturated rings. The molecule has 0 aromatic heterocycles. The summed E-state index contributed by atoms with van der Waals surface area (Å²) in [6.45, 7) is 1.52. The van der Waals surface area contributed by atoms with Crippen LogP contribution in [-0.2, 0) is 22.6 Å². The summed E-state index contributed by atoms with van der Waals surface area (Å²) >= 11 is 0. The first-order valence-corrected chi connectivity index (χ1v) is 6.42. The third-order valence-electron chi connectivity index (χ3n) is 3.59. The fourth-order valence-electron chi connectivity index (χ4n) is 2.63. The molecule has 0 radical (unpaired) electrons. The van der Waals surface area contributed by atoms with Crippen LogP contribution in [0.15, 0.2) is 18.2 Å². The van der Waals surface area contributed by atoms with Crippen LogP contribution >= 0.6 is 0 Å². The quantitative estimate of drug-likeness (QED) is 0.860. The Hall–Kier alpha value is -1.84. The lowest BCUT2D eigenvalue weighted by Gasteiger charge is -2.26. The molecule has 0 atom stereocenters. The number of benzene rings is 1. The molecule has 0 saturated carbocycles. The lowest BCUT2D eigenvalue weighted by molar-refractivity contribution is -0.133. The number of nitrogens with one attached hydrogen (secondary N) is 1. The van der Waals surface area contributed by atoms with Gasteiger partial charge in [0.2, 0.25) is 11.8 Å². The highest BCUT2D eigenvalue weighted by Crippen LogP contribution is 2.25. The Morgan fingerprint density at radius 1 is 1.22 bits per heavy atom. The van der Waals surface area contributed by atoms with Crippen molar-refractivity contribution in [2.75, 3.05) is 11.9 Å². The molecular weight excluding hydrogens is 228 g/mol. The number of rotatable bonds is 2. The molecule has 94 valence electrons. The standard InChI is InChI=1S/C14H16N2O2/c17-13-8-11-7-10(4-5-12(11)15-13)9-16-6-2-1-3-14(16)18/h4-5,7H,1-3,6,8-9H2,(H,15,17). The van der Waals surface area contributed by atoms with Gasteiger partial charge in [-0.2, -0.15) is 0 Å². The number of amides is 2. The van der Waals surface area contributed by atoms with E-state index in [1.54, 1.807) is 0 Å². The number of nitrogens with zero attached hydrogens (tertiary/aromatic N) is 1. The average molecular weight is 244 g/mol. The van der Waals surface area contributed by atoms with Gasteiger partial charge in [0.15, 0.2) is 0 Å². The van der Waals surface area contributed by atoms with E-state index in [0.29, 0.717) is 19.4 Å². The molecule has 0 aliphatic carbocycles. The minimum atomic E-state index is 0.0520. The van der Waals surface area contributed by atoms with Gasteiger partial charge in [0, 0.05) is 25.2 Å². The number of piperidine rings is 1. The molecule has 2 aliphatic rings. The predicted octanol–water partition coefficient (Wildman–Crippen LogP) is 1.69. The Balaban J connectivity index is 1.75. The van der Waals surface area contributed by atoms with Crippen molar-refractivity contribution in [2.45, 2.75) is 32.2 Å². The number of carbonyl (C=O) groups excluding carboxylic acids is 2. The highest BCUT2D eigenvalue weighted by Gasteiger charge is 2.20. The Labute approximate surface area is 106 Å². The van der Waals surface area contributed by atoms with E-state index >= 15 is 0 Å². The molecule has 2 amide bonds. The Morgan fingerprint density at radius 3 is 2.94 bits per heavy atom. The second-order valence-electron chi connectivity index (χ2n) is 4.99. The van der Waals surface area contributed by atoms with Gasteiger partial charge >= 0.3 is 0 Å². The van der Waals surface area contributed by atoms with Crippen LogP contribution in [-0.4, -0.2) is 23.3 Å². The zero-order valence-corrected chi connectivity index (χ0v) is 10.2. The largest absolute Gasteiger partial charge is 0.338 e. The van der Waals surface area contributed by atoms with E-state index in [1.807, 2.05) is 23.1 Å². The molecule has 2 heterocycles. The van der Waals surface area contributed by atoms with Gasteiger partial charge in [-0.25, -0.2) is 0 Å². The van der Waals surface area contributed by atoms with Gasteiger partial charge in [0.05, 0.1) is 6.42 Å². The number of hydrogen-bond donors (Lipinski definition) is 1. The minimum absolute atomic E-state index is 0.0520. The van der Waals surface area contributed by atoms with E-state index in [9.17, 15) is 9.59 Å². The predicted molar refractivity (Wildman–Crippen MR) is 68.0 cm³/mol. The van der Waals surface area contributed by atoms with E-state index in [1.165, 1.54) is 0 Å². The smallest absolute Gasteiger partial charge is 0.228 e. The highest BCUT2D eigenvalue weighted by atomic mass is 16.2. The van der Waals surface area contributed by atoms with Gasteiger partial charge < -0.3 is 10.2 Å². The van der Waals surface area contributed by atoms with Gasteiger partial charge in [-0.15, -0.1) is 0 Å². The van der Waals surface area contributed by atoms with Crippen molar-refractivity contribution in [3.63, 3.8) is 0 Å². The summed E-state index contributed by atoms with van der Waals surface area (Å²) in [6.07, 6.45) is 3.23. The fourth-order valence-corrected chi connectivity index (χ4v) is 2.63. The molecule has 18 heavy (non-hydrogen) atoms. The number of anilines is 1. The first-order chi connectivity index (χ1) is 8.72. The van der Waals surface area contributed by atoms with E-state index in [-0.39, 0.29) is 11.8 Å². The highest BCUT2D eigenvalue weighted by molar-refractivity contribution is 5.99. The summed E-state index contributed by atoms with van der Waals surface area (Å²) in [5, 5.41) is 2.82. The van der Waals surface area contributed by atoms with Crippen LogP contribution in [0.25, 0.3) is 0 Å². The van der Waals surface area contributed by atoms with Crippen molar-refractivity contribution < 1.29 is 9.59 Å². The molecule has 1 aromatic carbocycles. The molecule has 4 heteroatoms. The van der Waals surface area contributed by atoms with Crippen molar-refractivity contribution in [3.8, 4) is 0 Å². The van der Waals surface area contributed by atoms with Crippen molar-refractivity contribution in [1.82, 2.24) is 4.90 Å². The molecule has 0 unspecified atom stereocenters. The topological polar surface area (TPSA) is 49.4 Å². The molecule has 1 aromatic rings. The zero-order valence-electron chi connectivity index (χ0n) is 10.2. The Morgan fingerprint density at radius 2 is 2.11 bits per heavy atom. The van der Waals surface area contributed by atoms with Crippen molar-refractivity contribution >= 4 is 17.5 Å². The number of likely N-dealkylation sites (tertiary alicyclic amines) is 1. The van der Waals surface area contributed by atoms with Gasteiger partial charge in [0.25, 0.3) is 0 Å². The third-order valence-corrected chi connectivity index (χ3v) is 3.59. The van der Waals surface area contributed by atoms with Gasteiger partial charge in [-0.3, -0.25) is 9.59 Å². The summed E-state index contributed by atoms with van der Waals surface area (Å²) in [6, 6.07) is 5.96. The van der Waals surface area contributed by atoms with Crippen molar-refractivity contribution in [3.05, 3.63) is 29.3 Å². The monoisotopic (exact) mass is 244 g/mol. The third kappa shape index (κ3) is 2.10. The molecule has 1 N–H and O–H groups in total. The van der Waals surface area contributed by atoms with Gasteiger partial charge in [-0.1, -0.05) is 12.1 Å². The van der Waals surface area contributed by atoms with Gasteiger partial charge in [0.1, 0.15) is 0 Å². The summed E-state index contributed by atoms with van der Waals surface area (Å²) in [5.41, 5.74) is 3.07. The Bertz CT molecular complexity index is 511. The molecule has 0 bridgehead atoms. The molecule has 4 nitrogen and oxygen atoms in total. The molecule has 1 saturated heterocycles. The van der Waals surface area contributed by atoms with Crippen LogP contribution in [0.3, 0.4) is 0 Å². The van der Waals surface area contributed by atoms with Crippen molar-refractivity contribution in [2.24, 2.45) is 0 Å². The van der Waals surface area contributed by atoms with Crippen LogP contribution in [0.1, 0.15) is 30.4 Å². The second kappa shape index (κ2) is 4.44. The molecular formula is C14H16N2O2. The second-order valence-corrected chi connectivity index (χ2v) is 4.99. The molecule has 3 rings (SSSR count). The van der Waals surface area contributed by atoms with E-state index in [0.717, 1.165) is 36.2 Å². The maximum absolute atomic E-state index is 11.7. The summed E-state index contributed by atoms with van der Waals surface area (Å²) in [7, 11) is 0. The van der Waals surface area contributed by atoms with Crippen LogP contribution in [0.5, 0.6) is 0 Å². The van der Waals surface area contributed by atoms with Crippen LogP contribution in [0.4, 0.5) is 5.69 Å². The first kappa shape index (κ1) is 11.3. The number of hydrogen-bond acceptors (Lipinski definition) is 2. The molecule has 0 spiro atoms. The van der Waals surface area contributed by atoms with Crippen molar-refractivity contribution in [1.29, 1.82) is 0 Å². The summed E-state index contributed by atoms with van der Waals surface area (Å²) < 4.78 is 0. The maximum Gasteiger partial charge on any atom is 0.228 e. The Kier molecular flexibility index (Phi) is 2.78. The van der Waals surface area contributed by atoms with Crippen LogP contribution in [0.2, 0.25) is 0 Å². The van der Waals surface area contributed by atoms with Crippen LogP contribution in [0, 0.1) is 0 Å². The zero-order chi connectivity index (χ0) is 12.5. The number of fused-ring (bicyclic) bond motifs is 1. The molecule has 2 aliphatic heterocycles. The van der Waals surface area contributed by atoms with E-state index in [2.05, 4.69) is 5.32 Å². The normalized spacial score (nSPS) is 18.8. The summed E-state index contributed by atoms with van der Waals surface area (Å²) in [5.74, 6) is 0.298. The minimum Gasteiger partial charge on any atom is -0.338 e. The summed E-state index contributed by atoms with van der Waals surface area (Å²) in [4.78, 5) is 24.9. The average Bonchev–Trinajstić information content (AvgIpc) is 2.71. The van der Waals surface area contributed by atoms with E-state index in [4.69, 9.17) is 0 Å². The van der Waals surface area contributed by atoms with Crippen LogP contribution < -0.4 is 5.32 Å². The lowest BCUT2D eigenvalue weighted by atomic mass is 10.1. The lowest BCUT2D eigenvalue weighted by Crippen LogP contribution is -2.34. The van der Waals surface area contributed by atoms with E-state index < -0.39 is 0 Å². The fraction of sp³-hybridized carbons (Fsp3) is 0.429. The number of carbonyl (C=O) groups is 2. The first-order valence-electron chi connectivity index (χ1n) is 6.42.